The van der Waals surface area contributed by atoms with E-state index in [2.05, 4.69) is 9.88 Å². The van der Waals surface area contributed by atoms with E-state index in [1.807, 2.05) is 24.3 Å². The van der Waals surface area contributed by atoms with Crippen molar-refractivity contribution in [2.45, 2.75) is 6.54 Å². The average molecular weight is 439 g/mol. The van der Waals surface area contributed by atoms with Crippen molar-refractivity contribution >= 4 is 23.2 Å². The Morgan fingerprint density at radius 2 is 1.81 bits per heavy atom. The zero-order chi connectivity index (χ0) is 21.8. The van der Waals surface area contributed by atoms with Gasteiger partial charge in [-0.25, -0.2) is 4.98 Å². The standard InChI is InChI=1S/C23H23ClN4O3/c1-31-20-4-2-3-19(13-20)26-9-11-27(12-10-26)23(30)15-28-16-25-21(14-22(28)29)17-5-7-18(24)8-6-17/h2-8,13-14,16H,9-12,15H2,1H3. The average Bonchev–Trinajstić information content (AvgIpc) is 2.81. The highest BCUT2D eigenvalue weighted by Gasteiger charge is 2.22. The van der Waals surface area contributed by atoms with Crippen LogP contribution < -0.4 is 15.2 Å². The van der Waals surface area contributed by atoms with Crippen LogP contribution in [0.25, 0.3) is 11.3 Å². The lowest BCUT2D eigenvalue weighted by molar-refractivity contribution is -0.132. The number of halogens is 1. The molecule has 0 bridgehead atoms. The first-order chi connectivity index (χ1) is 15.0. The maximum absolute atomic E-state index is 12.7. The molecule has 1 aliphatic heterocycles. The molecule has 8 heteroatoms. The van der Waals surface area contributed by atoms with Crippen molar-refractivity contribution in [3.05, 3.63) is 76.3 Å². The Morgan fingerprint density at radius 3 is 2.48 bits per heavy atom. The lowest BCUT2D eigenvalue weighted by Gasteiger charge is -2.36. The number of hydrogen-bond donors (Lipinski definition) is 0. The third-order valence-electron chi connectivity index (χ3n) is 5.38. The van der Waals surface area contributed by atoms with Crippen LogP contribution in [0.1, 0.15) is 0 Å². The van der Waals surface area contributed by atoms with Crippen LogP contribution in [-0.4, -0.2) is 53.6 Å². The van der Waals surface area contributed by atoms with E-state index in [9.17, 15) is 9.59 Å². The van der Waals surface area contributed by atoms with Gasteiger partial charge in [-0.15, -0.1) is 0 Å². The molecule has 0 saturated carbocycles. The molecule has 0 atom stereocenters. The van der Waals surface area contributed by atoms with Gasteiger partial charge in [-0.2, -0.15) is 0 Å². The summed E-state index contributed by atoms with van der Waals surface area (Å²) in [5.41, 5.74) is 2.17. The minimum Gasteiger partial charge on any atom is -0.497 e. The molecule has 0 radical (unpaired) electrons. The van der Waals surface area contributed by atoms with Gasteiger partial charge in [-0.1, -0.05) is 29.8 Å². The topological polar surface area (TPSA) is 67.7 Å². The van der Waals surface area contributed by atoms with Crippen molar-refractivity contribution in [2.75, 3.05) is 38.2 Å². The second-order valence-corrected chi connectivity index (χ2v) is 7.75. The third-order valence-corrected chi connectivity index (χ3v) is 5.63. The zero-order valence-electron chi connectivity index (χ0n) is 17.2. The number of aromatic nitrogens is 2. The molecule has 1 saturated heterocycles. The van der Waals surface area contributed by atoms with Gasteiger partial charge in [0.2, 0.25) is 5.91 Å². The second kappa shape index (κ2) is 9.22. The Hall–Kier alpha value is -3.32. The van der Waals surface area contributed by atoms with Crippen molar-refractivity contribution in [1.82, 2.24) is 14.5 Å². The highest BCUT2D eigenvalue weighted by Crippen LogP contribution is 2.22. The first-order valence-corrected chi connectivity index (χ1v) is 10.4. The second-order valence-electron chi connectivity index (χ2n) is 7.32. The normalized spacial score (nSPS) is 13.9. The number of carbonyl (C=O) groups excluding carboxylic acids is 1. The van der Waals surface area contributed by atoms with Crippen LogP contribution in [0, 0.1) is 0 Å². The highest BCUT2D eigenvalue weighted by molar-refractivity contribution is 6.30. The quantitative estimate of drug-likeness (QED) is 0.612. The summed E-state index contributed by atoms with van der Waals surface area (Å²) in [5.74, 6) is 0.721. The number of nitrogens with zero attached hydrogens (tertiary/aromatic N) is 4. The fraction of sp³-hybridized carbons (Fsp3) is 0.261. The molecule has 0 N–H and O–H groups in total. The maximum Gasteiger partial charge on any atom is 0.254 e. The number of methoxy groups -OCH3 is 1. The van der Waals surface area contributed by atoms with Gasteiger partial charge in [0.1, 0.15) is 12.3 Å². The van der Waals surface area contributed by atoms with E-state index in [0.29, 0.717) is 23.8 Å². The van der Waals surface area contributed by atoms with Crippen LogP contribution in [0.15, 0.2) is 65.7 Å². The molecule has 0 unspecified atom stereocenters. The Morgan fingerprint density at radius 1 is 1.06 bits per heavy atom. The highest BCUT2D eigenvalue weighted by atomic mass is 35.5. The van der Waals surface area contributed by atoms with E-state index in [1.165, 1.54) is 17.0 Å². The van der Waals surface area contributed by atoms with Crippen LogP contribution in [-0.2, 0) is 11.3 Å². The fourth-order valence-electron chi connectivity index (χ4n) is 3.59. The molecule has 2 heterocycles. The summed E-state index contributed by atoms with van der Waals surface area (Å²) >= 11 is 5.91. The summed E-state index contributed by atoms with van der Waals surface area (Å²) in [6.07, 6.45) is 1.43. The van der Waals surface area contributed by atoms with Crippen molar-refractivity contribution in [1.29, 1.82) is 0 Å². The van der Waals surface area contributed by atoms with Gasteiger partial charge in [-0.05, 0) is 24.3 Å². The molecule has 4 rings (SSSR count). The number of benzene rings is 2. The number of anilines is 1. The lowest BCUT2D eigenvalue weighted by atomic mass is 10.1. The van der Waals surface area contributed by atoms with Gasteiger partial charge in [0.25, 0.3) is 5.56 Å². The SMILES string of the molecule is COc1cccc(N2CCN(C(=O)Cn3cnc(-c4ccc(Cl)cc4)cc3=O)CC2)c1. The van der Waals surface area contributed by atoms with E-state index in [0.717, 1.165) is 30.1 Å². The molecule has 0 aliphatic carbocycles. The minimum absolute atomic E-state index is 0.0219. The maximum atomic E-state index is 12.7. The van der Waals surface area contributed by atoms with Gasteiger partial charge in [0.15, 0.2) is 0 Å². The molecule has 0 spiro atoms. The number of rotatable bonds is 5. The largest absolute Gasteiger partial charge is 0.497 e. The van der Waals surface area contributed by atoms with Gasteiger partial charge in [0, 0.05) is 54.6 Å². The smallest absolute Gasteiger partial charge is 0.254 e. The lowest BCUT2D eigenvalue weighted by Crippen LogP contribution is -2.50. The monoisotopic (exact) mass is 438 g/mol. The fourth-order valence-corrected chi connectivity index (χ4v) is 3.72. The molecule has 1 amide bonds. The van der Waals surface area contributed by atoms with Crippen molar-refractivity contribution in [3.63, 3.8) is 0 Å². The summed E-state index contributed by atoms with van der Waals surface area (Å²) in [7, 11) is 1.65. The van der Waals surface area contributed by atoms with E-state index in [4.69, 9.17) is 16.3 Å². The van der Waals surface area contributed by atoms with Crippen molar-refractivity contribution < 1.29 is 9.53 Å². The molecule has 160 valence electrons. The van der Waals surface area contributed by atoms with E-state index >= 15 is 0 Å². The zero-order valence-corrected chi connectivity index (χ0v) is 18.0. The molecule has 2 aromatic carbocycles. The Kier molecular flexibility index (Phi) is 6.23. The van der Waals surface area contributed by atoms with Crippen LogP contribution in [0.5, 0.6) is 5.75 Å². The summed E-state index contributed by atoms with van der Waals surface area (Å²) in [4.78, 5) is 33.6. The van der Waals surface area contributed by atoms with E-state index < -0.39 is 0 Å². The molecule has 1 aromatic heterocycles. The van der Waals surface area contributed by atoms with Gasteiger partial charge in [-0.3, -0.25) is 14.2 Å². The van der Waals surface area contributed by atoms with Gasteiger partial charge >= 0.3 is 0 Å². The van der Waals surface area contributed by atoms with Crippen LogP contribution >= 0.6 is 11.6 Å². The van der Waals surface area contributed by atoms with E-state index in [-0.39, 0.29) is 18.0 Å². The minimum atomic E-state index is -0.261. The van der Waals surface area contributed by atoms with Crippen LogP contribution in [0.2, 0.25) is 5.02 Å². The predicted molar refractivity (Wildman–Crippen MR) is 121 cm³/mol. The van der Waals surface area contributed by atoms with E-state index in [1.54, 1.807) is 36.3 Å². The number of carbonyl (C=O) groups is 1. The Bertz CT molecular complexity index is 1120. The number of hydrogen-bond acceptors (Lipinski definition) is 5. The predicted octanol–water partition coefficient (Wildman–Crippen LogP) is 2.92. The van der Waals surface area contributed by atoms with Crippen LogP contribution in [0.4, 0.5) is 5.69 Å². The number of ether oxygens (including phenoxy) is 1. The first-order valence-electron chi connectivity index (χ1n) is 10.0. The summed E-state index contributed by atoms with van der Waals surface area (Å²) in [6.45, 7) is 2.62. The van der Waals surface area contributed by atoms with Crippen molar-refractivity contribution in [3.8, 4) is 17.0 Å². The Labute approximate surface area is 185 Å². The number of piperazine rings is 1. The molecule has 1 aliphatic rings. The molecular weight excluding hydrogens is 416 g/mol. The summed E-state index contributed by atoms with van der Waals surface area (Å²) < 4.78 is 6.63. The van der Waals surface area contributed by atoms with Gasteiger partial charge < -0.3 is 14.5 Å². The summed E-state index contributed by atoms with van der Waals surface area (Å²) in [6, 6.07) is 16.4. The van der Waals surface area contributed by atoms with Crippen LogP contribution in [0.3, 0.4) is 0 Å². The molecular formula is C23H23ClN4O3. The molecule has 7 nitrogen and oxygen atoms in total. The Balaban J connectivity index is 1.37. The van der Waals surface area contributed by atoms with Gasteiger partial charge in [0.05, 0.1) is 19.1 Å². The third kappa shape index (κ3) is 4.88. The summed E-state index contributed by atoms with van der Waals surface area (Å²) in [5, 5.41) is 0.620. The molecule has 3 aromatic rings. The molecule has 31 heavy (non-hydrogen) atoms. The van der Waals surface area contributed by atoms with Crippen molar-refractivity contribution in [2.24, 2.45) is 0 Å². The molecule has 1 fully saturated rings. The number of amides is 1. The first kappa shape index (κ1) is 20.9.